The lowest BCUT2D eigenvalue weighted by atomic mass is 10.1. The average Bonchev–Trinajstić information content (AvgIpc) is 2.49. The topological polar surface area (TPSA) is 21.3 Å². The van der Waals surface area contributed by atoms with E-state index in [1.165, 1.54) is 44.9 Å². The van der Waals surface area contributed by atoms with Gasteiger partial charge in [-0.3, -0.25) is 0 Å². The summed E-state index contributed by atoms with van der Waals surface area (Å²) in [6, 6.07) is 1.44. The molecule has 0 spiro atoms. The van der Waals surface area contributed by atoms with Crippen LogP contribution in [0.2, 0.25) is 0 Å². The largest absolute Gasteiger partial charge is 0.380 e. The Labute approximate surface area is 81.0 Å². The highest BCUT2D eigenvalue weighted by Crippen LogP contribution is 2.18. The monoisotopic (exact) mass is 183 g/mol. The van der Waals surface area contributed by atoms with Crippen LogP contribution in [-0.2, 0) is 4.74 Å². The molecule has 0 aromatic carbocycles. The van der Waals surface area contributed by atoms with Crippen molar-refractivity contribution in [3.05, 3.63) is 0 Å². The van der Waals surface area contributed by atoms with Gasteiger partial charge >= 0.3 is 0 Å². The van der Waals surface area contributed by atoms with Gasteiger partial charge in [0.05, 0.1) is 6.61 Å². The van der Waals surface area contributed by atoms with E-state index in [2.05, 4.69) is 5.32 Å². The van der Waals surface area contributed by atoms with Crippen molar-refractivity contribution in [2.24, 2.45) is 0 Å². The molecule has 0 bridgehead atoms. The summed E-state index contributed by atoms with van der Waals surface area (Å²) >= 11 is 0. The van der Waals surface area contributed by atoms with Crippen LogP contribution >= 0.6 is 0 Å². The van der Waals surface area contributed by atoms with Gasteiger partial charge in [-0.05, 0) is 19.3 Å². The van der Waals surface area contributed by atoms with E-state index in [-0.39, 0.29) is 0 Å². The number of nitrogens with one attached hydrogen (secondary N) is 1. The van der Waals surface area contributed by atoms with Gasteiger partial charge in [0.15, 0.2) is 0 Å². The minimum Gasteiger partial charge on any atom is -0.380 e. The first-order valence-corrected chi connectivity index (χ1v) is 5.79. The number of hydrogen-bond acceptors (Lipinski definition) is 2. The van der Waals surface area contributed by atoms with E-state index >= 15 is 0 Å². The van der Waals surface area contributed by atoms with Gasteiger partial charge in [0, 0.05) is 18.7 Å². The molecule has 0 aromatic heterocycles. The summed E-state index contributed by atoms with van der Waals surface area (Å²) in [5.41, 5.74) is 0. The third kappa shape index (κ3) is 2.96. The molecule has 0 amide bonds. The minimum absolute atomic E-state index is 0.656. The average molecular weight is 183 g/mol. The van der Waals surface area contributed by atoms with E-state index in [9.17, 15) is 0 Å². The maximum Gasteiger partial charge on any atom is 0.0620 e. The fourth-order valence-corrected chi connectivity index (χ4v) is 2.45. The summed E-state index contributed by atoms with van der Waals surface area (Å²) in [4.78, 5) is 0. The van der Waals surface area contributed by atoms with Crippen molar-refractivity contribution in [1.29, 1.82) is 0 Å². The smallest absolute Gasteiger partial charge is 0.0620 e. The second-order valence-corrected chi connectivity index (χ2v) is 4.42. The standard InChI is InChI=1S/C11H21NO/c1-2-4-6-10(5-3-1)12-11-7-8-13-9-11/h10-12H,1-9H2. The van der Waals surface area contributed by atoms with Crippen molar-refractivity contribution in [2.45, 2.75) is 57.0 Å². The highest BCUT2D eigenvalue weighted by atomic mass is 16.5. The molecule has 13 heavy (non-hydrogen) atoms. The first-order chi connectivity index (χ1) is 6.45. The third-order valence-corrected chi connectivity index (χ3v) is 3.26. The van der Waals surface area contributed by atoms with Crippen molar-refractivity contribution >= 4 is 0 Å². The van der Waals surface area contributed by atoms with E-state index < -0.39 is 0 Å². The first-order valence-electron chi connectivity index (χ1n) is 5.79. The van der Waals surface area contributed by atoms with Gasteiger partial charge in [0.2, 0.25) is 0 Å². The van der Waals surface area contributed by atoms with Gasteiger partial charge in [0.25, 0.3) is 0 Å². The second kappa shape index (κ2) is 4.97. The van der Waals surface area contributed by atoms with Crippen LogP contribution in [0.15, 0.2) is 0 Å². The molecule has 1 saturated heterocycles. The van der Waals surface area contributed by atoms with Crippen LogP contribution in [0.25, 0.3) is 0 Å². The van der Waals surface area contributed by atoms with E-state index in [0.29, 0.717) is 6.04 Å². The molecular formula is C11H21NO. The van der Waals surface area contributed by atoms with Crippen LogP contribution in [-0.4, -0.2) is 25.3 Å². The number of hydrogen-bond donors (Lipinski definition) is 1. The Hall–Kier alpha value is -0.0800. The molecule has 2 rings (SSSR count). The van der Waals surface area contributed by atoms with E-state index in [1.54, 1.807) is 0 Å². The van der Waals surface area contributed by atoms with Crippen LogP contribution in [0.4, 0.5) is 0 Å². The van der Waals surface area contributed by atoms with Gasteiger partial charge in [-0.15, -0.1) is 0 Å². The van der Waals surface area contributed by atoms with Crippen molar-refractivity contribution < 1.29 is 4.74 Å². The van der Waals surface area contributed by atoms with E-state index in [1.807, 2.05) is 0 Å². The number of rotatable bonds is 2. The van der Waals surface area contributed by atoms with Crippen LogP contribution in [0.5, 0.6) is 0 Å². The molecule has 76 valence electrons. The summed E-state index contributed by atoms with van der Waals surface area (Å²) in [6.07, 6.45) is 9.72. The van der Waals surface area contributed by atoms with Crippen LogP contribution in [0.3, 0.4) is 0 Å². The number of ether oxygens (including phenoxy) is 1. The molecule has 1 aliphatic carbocycles. The van der Waals surface area contributed by atoms with Gasteiger partial charge < -0.3 is 10.1 Å². The molecule has 2 aliphatic rings. The van der Waals surface area contributed by atoms with Crippen molar-refractivity contribution in [1.82, 2.24) is 5.32 Å². The van der Waals surface area contributed by atoms with Gasteiger partial charge in [-0.2, -0.15) is 0 Å². The summed E-state index contributed by atoms with van der Waals surface area (Å²) in [5.74, 6) is 0. The predicted octanol–water partition coefficient (Wildman–Crippen LogP) is 2.09. The Morgan fingerprint density at radius 2 is 1.62 bits per heavy atom. The molecule has 1 atom stereocenters. The Kier molecular flexibility index (Phi) is 3.62. The van der Waals surface area contributed by atoms with Crippen LogP contribution in [0, 0.1) is 0 Å². The lowest BCUT2D eigenvalue weighted by Gasteiger charge is -2.20. The third-order valence-electron chi connectivity index (χ3n) is 3.26. The van der Waals surface area contributed by atoms with Gasteiger partial charge in [0.1, 0.15) is 0 Å². The first kappa shape index (κ1) is 9.47. The van der Waals surface area contributed by atoms with Gasteiger partial charge in [-0.1, -0.05) is 25.7 Å². The molecule has 1 aliphatic heterocycles. The Bertz CT molecular complexity index is 135. The van der Waals surface area contributed by atoms with E-state index in [4.69, 9.17) is 4.74 Å². The molecule has 2 fully saturated rings. The Morgan fingerprint density at radius 1 is 0.846 bits per heavy atom. The quantitative estimate of drug-likeness (QED) is 0.662. The summed E-state index contributed by atoms with van der Waals surface area (Å²) < 4.78 is 5.37. The van der Waals surface area contributed by atoms with Crippen molar-refractivity contribution in [3.63, 3.8) is 0 Å². The molecule has 2 heteroatoms. The molecular weight excluding hydrogens is 162 g/mol. The molecule has 2 nitrogen and oxygen atoms in total. The maximum absolute atomic E-state index is 5.37. The molecule has 1 N–H and O–H groups in total. The Balaban J connectivity index is 1.71. The zero-order chi connectivity index (χ0) is 8.93. The van der Waals surface area contributed by atoms with Crippen LogP contribution in [0.1, 0.15) is 44.9 Å². The normalized spacial score (nSPS) is 31.8. The molecule has 0 aromatic rings. The van der Waals surface area contributed by atoms with E-state index in [0.717, 1.165) is 19.3 Å². The summed E-state index contributed by atoms with van der Waals surface area (Å²) in [7, 11) is 0. The minimum atomic E-state index is 0.656. The SMILES string of the molecule is C1CCCC(NC2CCOC2)CC1. The summed E-state index contributed by atoms with van der Waals surface area (Å²) in [6.45, 7) is 1.90. The maximum atomic E-state index is 5.37. The van der Waals surface area contributed by atoms with Crippen LogP contribution < -0.4 is 5.32 Å². The fraction of sp³-hybridized carbons (Fsp3) is 1.00. The fourth-order valence-electron chi connectivity index (χ4n) is 2.45. The zero-order valence-corrected chi connectivity index (χ0v) is 8.43. The zero-order valence-electron chi connectivity index (χ0n) is 8.43. The highest BCUT2D eigenvalue weighted by Gasteiger charge is 2.20. The lowest BCUT2D eigenvalue weighted by molar-refractivity contribution is 0.187. The molecule has 1 unspecified atom stereocenters. The lowest BCUT2D eigenvalue weighted by Crippen LogP contribution is -2.38. The van der Waals surface area contributed by atoms with Crippen molar-refractivity contribution in [2.75, 3.05) is 13.2 Å². The second-order valence-electron chi connectivity index (χ2n) is 4.42. The van der Waals surface area contributed by atoms with Crippen molar-refractivity contribution in [3.8, 4) is 0 Å². The predicted molar refractivity (Wildman–Crippen MR) is 53.8 cm³/mol. The molecule has 0 radical (unpaired) electrons. The van der Waals surface area contributed by atoms with Gasteiger partial charge in [-0.25, -0.2) is 0 Å². The molecule has 1 saturated carbocycles. The summed E-state index contributed by atoms with van der Waals surface area (Å²) in [5, 5.41) is 3.73. The molecule has 1 heterocycles. The Morgan fingerprint density at radius 3 is 2.23 bits per heavy atom. The highest BCUT2D eigenvalue weighted by molar-refractivity contribution is 4.78.